The first-order chi connectivity index (χ1) is 19.6. The van der Waals surface area contributed by atoms with Crippen molar-refractivity contribution in [2.45, 2.75) is 37.3 Å². The third-order valence-corrected chi connectivity index (χ3v) is 9.30. The summed E-state index contributed by atoms with van der Waals surface area (Å²) in [6, 6.07) is 13.1. The number of hydrogen-bond acceptors (Lipinski definition) is 8. The molecule has 40 heavy (non-hydrogen) atoms. The minimum Gasteiger partial charge on any atom is -0.508 e. The molecule has 4 aromatic rings. The van der Waals surface area contributed by atoms with Crippen molar-refractivity contribution in [3.05, 3.63) is 48.3 Å². The van der Waals surface area contributed by atoms with Crippen LogP contribution in [0.5, 0.6) is 17.5 Å². The first-order valence-electron chi connectivity index (χ1n) is 14.3. The molecule has 9 heteroatoms. The fourth-order valence-electron chi connectivity index (χ4n) is 7.35. The molecular formula is C31H32FN5O3. The summed E-state index contributed by atoms with van der Waals surface area (Å²) in [5.74, 6) is 0.429. The molecule has 4 aliphatic rings. The van der Waals surface area contributed by atoms with E-state index in [4.69, 9.17) is 19.4 Å². The van der Waals surface area contributed by atoms with E-state index < -0.39 is 5.82 Å². The van der Waals surface area contributed by atoms with E-state index in [2.05, 4.69) is 15.1 Å². The zero-order valence-corrected chi connectivity index (χ0v) is 22.3. The van der Waals surface area contributed by atoms with Crippen molar-refractivity contribution in [3.8, 4) is 28.6 Å². The van der Waals surface area contributed by atoms with Crippen molar-refractivity contribution in [1.82, 2.24) is 20.2 Å². The number of nitrogens with zero attached hydrogens (tertiary/aromatic N) is 4. The molecule has 3 saturated heterocycles. The van der Waals surface area contributed by atoms with Gasteiger partial charge in [0, 0.05) is 25.2 Å². The number of aromatic nitrogens is 2. The first kappa shape index (κ1) is 24.1. The van der Waals surface area contributed by atoms with Crippen LogP contribution in [-0.2, 0) is 0 Å². The number of halogens is 1. The Labute approximate surface area is 231 Å². The molecule has 0 aliphatic carbocycles. The SMILES string of the molecule is Oc1cc(-c2cc3nc(OCC45CCCN4CCC5)nc4c3c(c2F)OCC2CNCCN42)c2ccccc2c1. The van der Waals surface area contributed by atoms with Gasteiger partial charge in [0.25, 0.3) is 0 Å². The van der Waals surface area contributed by atoms with Crippen molar-refractivity contribution >= 4 is 27.5 Å². The predicted octanol–water partition coefficient (Wildman–Crippen LogP) is 4.47. The molecule has 0 spiro atoms. The van der Waals surface area contributed by atoms with E-state index in [1.165, 1.54) is 12.8 Å². The third-order valence-electron chi connectivity index (χ3n) is 9.30. The maximum absolute atomic E-state index is 16.5. The van der Waals surface area contributed by atoms with Gasteiger partial charge in [-0.1, -0.05) is 24.3 Å². The van der Waals surface area contributed by atoms with Crippen LogP contribution in [0.25, 0.3) is 32.8 Å². The molecular weight excluding hydrogens is 509 g/mol. The van der Waals surface area contributed by atoms with Gasteiger partial charge in [-0.2, -0.15) is 9.97 Å². The van der Waals surface area contributed by atoms with Gasteiger partial charge in [-0.05, 0) is 73.3 Å². The lowest BCUT2D eigenvalue weighted by molar-refractivity contribution is 0.108. The minimum absolute atomic E-state index is 0.00954. The smallest absolute Gasteiger partial charge is 0.319 e. The number of phenolic OH excluding ortho intramolecular Hbond substituents is 1. The number of hydrogen-bond donors (Lipinski definition) is 2. The molecule has 8 nitrogen and oxygen atoms in total. The second-order valence-electron chi connectivity index (χ2n) is 11.6. The van der Waals surface area contributed by atoms with Gasteiger partial charge < -0.3 is 24.8 Å². The largest absolute Gasteiger partial charge is 0.508 e. The number of anilines is 1. The summed E-state index contributed by atoms with van der Waals surface area (Å²) in [4.78, 5) is 14.5. The van der Waals surface area contributed by atoms with Crippen LogP contribution in [0, 0.1) is 5.82 Å². The summed E-state index contributed by atoms with van der Waals surface area (Å²) >= 11 is 0. The van der Waals surface area contributed by atoms with E-state index in [9.17, 15) is 5.11 Å². The molecule has 5 heterocycles. The van der Waals surface area contributed by atoms with Gasteiger partial charge in [-0.3, -0.25) is 4.90 Å². The van der Waals surface area contributed by atoms with Crippen molar-refractivity contribution in [2.24, 2.45) is 0 Å². The Bertz CT molecular complexity index is 1640. The Morgan fingerprint density at radius 1 is 1.07 bits per heavy atom. The van der Waals surface area contributed by atoms with Crippen LogP contribution in [0.3, 0.4) is 0 Å². The highest BCUT2D eigenvalue weighted by molar-refractivity contribution is 6.03. The summed E-state index contributed by atoms with van der Waals surface area (Å²) in [5.41, 5.74) is 1.56. The number of fused-ring (bicyclic) bond motifs is 4. The van der Waals surface area contributed by atoms with Crippen LogP contribution in [0.2, 0.25) is 0 Å². The van der Waals surface area contributed by atoms with Crippen LogP contribution in [0.1, 0.15) is 25.7 Å². The standard InChI is InChI=1S/C31H32FN5O3/c32-27-24(23-14-21(38)13-19-5-1-2-6-22(19)23)15-25-26-28(27)39-17-20-16-33-9-12-37(20)29(26)35-30(34-25)40-18-31-7-3-10-36(31)11-4-8-31/h1-2,5-6,13-15,20,33,38H,3-4,7-12,16-18H2. The summed E-state index contributed by atoms with van der Waals surface area (Å²) < 4.78 is 29.1. The number of piperazine rings is 1. The van der Waals surface area contributed by atoms with Crippen LogP contribution in [0.15, 0.2) is 42.5 Å². The van der Waals surface area contributed by atoms with E-state index in [1.807, 2.05) is 24.3 Å². The van der Waals surface area contributed by atoms with Gasteiger partial charge in [0.1, 0.15) is 24.8 Å². The minimum atomic E-state index is -0.471. The molecule has 0 bridgehead atoms. The number of ether oxygens (including phenoxy) is 2. The number of aromatic hydroxyl groups is 1. The van der Waals surface area contributed by atoms with Gasteiger partial charge in [-0.15, -0.1) is 0 Å². The molecule has 1 aromatic heterocycles. The highest BCUT2D eigenvalue weighted by Gasteiger charge is 2.45. The monoisotopic (exact) mass is 541 g/mol. The Morgan fingerprint density at radius 3 is 2.80 bits per heavy atom. The van der Waals surface area contributed by atoms with Crippen LogP contribution in [0.4, 0.5) is 10.2 Å². The normalized spacial score (nSPS) is 21.7. The quantitative estimate of drug-likeness (QED) is 0.392. The molecule has 206 valence electrons. The van der Waals surface area contributed by atoms with Crippen LogP contribution in [-0.4, -0.2) is 77.5 Å². The molecule has 0 radical (unpaired) electrons. The van der Waals surface area contributed by atoms with Gasteiger partial charge in [0.15, 0.2) is 11.6 Å². The van der Waals surface area contributed by atoms with E-state index in [0.29, 0.717) is 47.1 Å². The summed E-state index contributed by atoms with van der Waals surface area (Å²) in [5, 5.41) is 16.2. The number of nitrogens with one attached hydrogen (secondary N) is 1. The lowest BCUT2D eigenvalue weighted by Crippen LogP contribution is -2.53. The second kappa shape index (κ2) is 9.17. The maximum atomic E-state index is 16.5. The Hall–Kier alpha value is -3.69. The fraction of sp³-hybridized carbons (Fsp3) is 0.419. The number of benzene rings is 3. The molecule has 3 fully saturated rings. The summed E-state index contributed by atoms with van der Waals surface area (Å²) in [7, 11) is 0. The van der Waals surface area contributed by atoms with Gasteiger partial charge in [-0.25, -0.2) is 4.39 Å². The van der Waals surface area contributed by atoms with Crippen LogP contribution < -0.4 is 19.7 Å². The zero-order valence-electron chi connectivity index (χ0n) is 22.3. The van der Waals surface area contributed by atoms with Crippen molar-refractivity contribution in [3.63, 3.8) is 0 Å². The molecule has 4 aliphatic heterocycles. The highest BCUT2D eigenvalue weighted by Crippen LogP contribution is 2.45. The molecule has 0 saturated carbocycles. The van der Waals surface area contributed by atoms with Crippen molar-refractivity contribution in [2.75, 3.05) is 50.8 Å². The Balaban J connectivity index is 1.31. The van der Waals surface area contributed by atoms with E-state index in [-0.39, 0.29) is 23.1 Å². The summed E-state index contributed by atoms with van der Waals surface area (Å²) in [6.07, 6.45) is 4.64. The van der Waals surface area contributed by atoms with Gasteiger partial charge in [0.2, 0.25) is 0 Å². The fourth-order valence-corrected chi connectivity index (χ4v) is 7.35. The average Bonchev–Trinajstić information content (AvgIpc) is 3.50. The second-order valence-corrected chi connectivity index (χ2v) is 11.6. The van der Waals surface area contributed by atoms with Gasteiger partial charge >= 0.3 is 6.01 Å². The molecule has 8 rings (SSSR count). The van der Waals surface area contributed by atoms with E-state index in [1.54, 1.807) is 18.2 Å². The average molecular weight is 542 g/mol. The van der Waals surface area contributed by atoms with Crippen molar-refractivity contribution < 1.29 is 19.0 Å². The third kappa shape index (κ3) is 3.71. The molecule has 1 unspecified atom stereocenters. The molecule has 0 amide bonds. The lowest BCUT2D eigenvalue weighted by atomic mass is 9.95. The van der Waals surface area contributed by atoms with Gasteiger partial charge in [0.05, 0.1) is 22.5 Å². The van der Waals surface area contributed by atoms with Crippen molar-refractivity contribution in [1.29, 1.82) is 0 Å². The Kier molecular flexibility index (Phi) is 5.54. The number of rotatable bonds is 4. The topological polar surface area (TPSA) is 83.0 Å². The van der Waals surface area contributed by atoms with Crippen LogP contribution >= 0.6 is 0 Å². The van der Waals surface area contributed by atoms with E-state index in [0.717, 1.165) is 56.3 Å². The Morgan fingerprint density at radius 2 is 1.93 bits per heavy atom. The highest BCUT2D eigenvalue weighted by atomic mass is 19.1. The zero-order chi connectivity index (χ0) is 26.8. The number of phenols is 1. The first-order valence-corrected chi connectivity index (χ1v) is 14.3. The van der Waals surface area contributed by atoms with E-state index >= 15 is 4.39 Å². The lowest BCUT2D eigenvalue weighted by Gasteiger charge is -2.35. The molecule has 2 N–H and O–H groups in total. The molecule has 1 atom stereocenters. The summed E-state index contributed by atoms with van der Waals surface area (Å²) in [6.45, 7) is 5.39. The predicted molar refractivity (Wildman–Crippen MR) is 152 cm³/mol. The maximum Gasteiger partial charge on any atom is 0.319 e. The molecule has 3 aromatic carbocycles.